The Morgan fingerprint density at radius 2 is 1.96 bits per heavy atom. The summed E-state index contributed by atoms with van der Waals surface area (Å²) in [6.07, 6.45) is 12.1. The second-order valence-corrected chi connectivity index (χ2v) is 6.54. The van der Waals surface area contributed by atoms with E-state index in [1.165, 1.54) is 38.5 Å². The molecule has 1 heterocycles. The van der Waals surface area contributed by atoms with Crippen LogP contribution in [0, 0.1) is 0 Å². The van der Waals surface area contributed by atoms with Crippen molar-refractivity contribution < 1.29 is 4.74 Å². The molecule has 0 amide bonds. The lowest BCUT2D eigenvalue weighted by atomic mass is 10.2. The van der Waals surface area contributed by atoms with Crippen molar-refractivity contribution in [2.75, 3.05) is 7.05 Å². The molecule has 5 heteroatoms. The fourth-order valence-electron chi connectivity index (χ4n) is 3.47. The molecular formula is C18H28N4O. The monoisotopic (exact) mass is 316 g/mol. The predicted molar refractivity (Wildman–Crippen MR) is 92.7 cm³/mol. The van der Waals surface area contributed by atoms with E-state index in [0.29, 0.717) is 18.7 Å². The van der Waals surface area contributed by atoms with Crippen molar-refractivity contribution in [1.29, 1.82) is 0 Å². The van der Waals surface area contributed by atoms with Gasteiger partial charge >= 0.3 is 0 Å². The molecule has 1 aromatic rings. The van der Waals surface area contributed by atoms with Gasteiger partial charge in [-0.25, -0.2) is 4.98 Å². The molecule has 0 bridgehead atoms. The summed E-state index contributed by atoms with van der Waals surface area (Å²) >= 11 is 0. The average Bonchev–Trinajstić information content (AvgIpc) is 3.26. The number of hydrogen-bond acceptors (Lipinski definition) is 3. The maximum atomic E-state index is 6.09. The van der Waals surface area contributed by atoms with Crippen molar-refractivity contribution in [3.8, 4) is 5.88 Å². The molecule has 0 radical (unpaired) electrons. The van der Waals surface area contributed by atoms with Gasteiger partial charge in [-0.3, -0.25) is 4.99 Å². The highest BCUT2D eigenvalue weighted by atomic mass is 16.5. The van der Waals surface area contributed by atoms with Crippen molar-refractivity contribution in [2.24, 2.45) is 4.99 Å². The van der Waals surface area contributed by atoms with Gasteiger partial charge in [0.25, 0.3) is 0 Å². The highest BCUT2D eigenvalue weighted by Crippen LogP contribution is 2.25. The van der Waals surface area contributed by atoms with Gasteiger partial charge in [0.2, 0.25) is 5.88 Å². The van der Waals surface area contributed by atoms with Gasteiger partial charge in [-0.15, -0.1) is 0 Å². The Morgan fingerprint density at radius 3 is 2.70 bits per heavy atom. The molecule has 0 aliphatic heterocycles. The Bertz CT molecular complexity index is 520. The first-order chi connectivity index (χ1) is 11.3. The zero-order valence-electron chi connectivity index (χ0n) is 14.1. The zero-order valence-corrected chi connectivity index (χ0v) is 14.1. The van der Waals surface area contributed by atoms with Crippen molar-refractivity contribution >= 4 is 5.96 Å². The summed E-state index contributed by atoms with van der Waals surface area (Å²) in [7, 11) is 1.82. The van der Waals surface area contributed by atoms with Crippen LogP contribution < -0.4 is 15.4 Å². The number of hydrogen-bond donors (Lipinski definition) is 2. The molecule has 2 aliphatic rings. The van der Waals surface area contributed by atoms with Crippen LogP contribution in [0.1, 0.15) is 56.9 Å². The number of rotatable bonds is 5. The third-order valence-corrected chi connectivity index (χ3v) is 4.80. The molecular weight excluding hydrogens is 288 g/mol. The van der Waals surface area contributed by atoms with E-state index in [2.05, 4.69) is 26.7 Å². The lowest BCUT2D eigenvalue weighted by Gasteiger charge is -2.18. The first-order valence-corrected chi connectivity index (χ1v) is 8.93. The van der Waals surface area contributed by atoms with E-state index < -0.39 is 0 Å². The van der Waals surface area contributed by atoms with Crippen LogP contribution >= 0.6 is 0 Å². The quantitative estimate of drug-likeness (QED) is 0.647. The second-order valence-electron chi connectivity index (χ2n) is 6.54. The highest BCUT2D eigenvalue weighted by molar-refractivity contribution is 5.80. The fraction of sp³-hybridized carbons (Fsp3) is 0.667. The fourth-order valence-corrected chi connectivity index (χ4v) is 3.47. The number of aliphatic imine (C=N–C) groups is 1. The molecule has 1 aromatic heterocycles. The third kappa shape index (κ3) is 4.60. The third-order valence-electron chi connectivity index (χ3n) is 4.80. The molecule has 126 valence electrons. The Hall–Kier alpha value is -1.78. The maximum Gasteiger partial charge on any atom is 0.218 e. The Balaban J connectivity index is 1.56. The van der Waals surface area contributed by atoms with Gasteiger partial charge in [0.1, 0.15) is 6.10 Å². The van der Waals surface area contributed by atoms with Crippen LogP contribution in [0.3, 0.4) is 0 Å². The van der Waals surface area contributed by atoms with Gasteiger partial charge in [0, 0.05) is 31.4 Å². The summed E-state index contributed by atoms with van der Waals surface area (Å²) in [6, 6.07) is 4.60. The van der Waals surface area contributed by atoms with E-state index in [1.807, 2.05) is 13.1 Å². The SMILES string of the molecule is CN=C(NCc1cccnc1OC1CCCC1)NC1CCCC1. The van der Waals surface area contributed by atoms with E-state index in [-0.39, 0.29) is 0 Å². The average molecular weight is 316 g/mol. The van der Waals surface area contributed by atoms with Crippen molar-refractivity contribution in [2.45, 2.75) is 70.1 Å². The number of nitrogens with zero attached hydrogens (tertiary/aromatic N) is 2. The standard InChI is InChI=1S/C18H28N4O/c1-19-18(22-15-8-2-3-9-15)21-13-14-7-6-12-20-17(14)23-16-10-4-5-11-16/h6-7,12,15-16H,2-5,8-11,13H2,1H3,(H2,19,21,22). The number of aromatic nitrogens is 1. The van der Waals surface area contributed by atoms with Crippen LogP contribution in [0.2, 0.25) is 0 Å². The molecule has 0 unspecified atom stereocenters. The summed E-state index contributed by atoms with van der Waals surface area (Å²) in [5.74, 6) is 1.63. The van der Waals surface area contributed by atoms with Gasteiger partial charge in [0.15, 0.2) is 5.96 Å². The van der Waals surface area contributed by atoms with E-state index in [4.69, 9.17) is 4.74 Å². The zero-order chi connectivity index (χ0) is 15.9. The van der Waals surface area contributed by atoms with E-state index in [1.54, 1.807) is 6.20 Å². The predicted octanol–water partition coefficient (Wildman–Crippen LogP) is 3.01. The maximum absolute atomic E-state index is 6.09. The van der Waals surface area contributed by atoms with Crippen LogP contribution in [-0.2, 0) is 6.54 Å². The van der Waals surface area contributed by atoms with Crippen molar-refractivity contribution in [3.05, 3.63) is 23.9 Å². The smallest absolute Gasteiger partial charge is 0.218 e. The molecule has 0 aromatic carbocycles. The van der Waals surface area contributed by atoms with Gasteiger partial charge in [-0.2, -0.15) is 0 Å². The number of ether oxygens (including phenoxy) is 1. The minimum Gasteiger partial charge on any atom is -0.474 e. The van der Waals surface area contributed by atoms with Crippen LogP contribution in [0.15, 0.2) is 23.3 Å². The molecule has 3 rings (SSSR count). The summed E-state index contributed by atoms with van der Waals surface area (Å²) in [6.45, 7) is 0.683. The molecule has 23 heavy (non-hydrogen) atoms. The van der Waals surface area contributed by atoms with E-state index >= 15 is 0 Å². The molecule has 2 saturated carbocycles. The number of guanidine groups is 1. The molecule has 2 fully saturated rings. The Labute approximate surface area is 138 Å². The Morgan fingerprint density at radius 1 is 1.22 bits per heavy atom. The Kier molecular flexibility index (Phi) is 5.72. The van der Waals surface area contributed by atoms with E-state index in [0.717, 1.165) is 30.2 Å². The lowest BCUT2D eigenvalue weighted by molar-refractivity contribution is 0.199. The molecule has 2 aliphatic carbocycles. The molecule has 0 spiro atoms. The molecule has 2 N–H and O–H groups in total. The summed E-state index contributed by atoms with van der Waals surface area (Å²) in [5, 5.41) is 6.90. The molecule has 0 atom stereocenters. The second kappa shape index (κ2) is 8.18. The summed E-state index contributed by atoms with van der Waals surface area (Å²) < 4.78 is 6.09. The largest absolute Gasteiger partial charge is 0.474 e. The van der Waals surface area contributed by atoms with Gasteiger partial charge in [-0.1, -0.05) is 18.9 Å². The first kappa shape index (κ1) is 16.1. The van der Waals surface area contributed by atoms with Crippen molar-refractivity contribution in [1.82, 2.24) is 15.6 Å². The van der Waals surface area contributed by atoms with Crippen molar-refractivity contribution in [3.63, 3.8) is 0 Å². The summed E-state index contributed by atoms with van der Waals surface area (Å²) in [4.78, 5) is 8.76. The molecule has 5 nitrogen and oxygen atoms in total. The van der Waals surface area contributed by atoms with Gasteiger partial charge in [-0.05, 0) is 44.6 Å². The van der Waals surface area contributed by atoms with Gasteiger partial charge in [0.05, 0.1) is 0 Å². The van der Waals surface area contributed by atoms with E-state index in [9.17, 15) is 0 Å². The normalized spacial score (nSPS) is 20.0. The topological polar surface area (TPSA) is 58.5 Å². The molecule has 0 saturated heterocycles. The minimum atomic E-state index is 0.333. The van der Waals surface area contributed by atoms with Gasteiger partial charge < -0.3 is 15.4 Å². The van der Waals surface area contributed by atoms with Crippen LogP contribution in [0.25, 0.3) is 0 Å². The van der Waals surface area contributed by atoms with Crippen LogP contribution in [0.4, 0.5) is 0 Å². The number of pyridine rings is 1. The minimum absolute atomic E-state index is 0.333. The van der Waals surface area contributed by atoms with Crippen LogP contribution in [0.5, 0.6) is 5.88 Å². The highest BCUT2D eigenvalue weighted by Gasteiger charge is 2.19. The summed E-state index contributed by atoms with van der Waals surface area (Å²) in [5.41, 5.74) is 1.09. The lowest BCUT2D eigenvalue weighted by Crippen LogP contribution is -2.42. The first-order valence-electron chi connectivity index (χ1n) is 8.93. The number of nitrogens with one attached hydrogen (secondary N) is 2. The van der Waals surface area contributed by atoms with Crippen LogP contribution in [-0.4, -0.2) is 30.1 Å².